The minimum atomic E-state index is -4.56. The van der Waals surface area contributed by atoms with E-state index in [-0.39, 0.29) is 25.4 Å². The van der Waals surface area contributed by atoms with Crippen molar-refractivity contribution in [2.75, 3.05) is 32.7 Å². The van der Waals surface area contributed by atoms with Crippen molar-refractivity contribution in [2.45, 2.75) is 56.3 Å². The highest BCUT2D eigenvalue weighted by atomic mass is 19.4. The Kier molecular flexibility index (Phi) is 11.1. The number of β-amino-alcohol motifs (C(OH)–C–C–N with tert-alkyl or cyclic N) is 1. The number of hydrogen-bond acceptors (Lipinski definition) is 7. The van der Waals surface area contributed by atoms with E-state index in [1.54, 1.807) is 23.4 Å². The van der Waals surface area contributed by atoms with E-state index in [4.69, 9.17) is 0 Å². The minimum Gasteiger partial charge on any atom is -0.392 e. The largest absolute Gasteiger partial charge is 0.405 e. The van der Waals surface area contributed by atoms with Gasteiger partial charge in [-0.3, -0.25) is 24.4 Å². The Labute approximate surface area is 266 Å². The van der Waals surface area contributed by atoms with Gasteiger partial charge >= 0.3 is 6.18 Å². The molecular formula is C34H40F3N5O4. The topological polar surface area (TPSA) is 118 Å². The lowest BCUT2D eigenvalue weighted by atomic mass is 9.91. The fraction of sp³-hybridized carbons (Fsp3) is 0.441. The monoisotopic (exact) mass is 639 g/mol. The zero-order chi connectivity index (χ0) is 32.7. The summed E-state index contributed by atoms with van der Waals surface area (Å²) in [7, 11) is 0. The SMILES string of the molecule is O=C(NC1c2ccccc2CC1O)C(Cc1ccccc1)CC(O)CN1CCN(Cc2cccnc2)CC1C(=O)NCC(F)(F)F. The lowest BCUT2D eigenvalue weighted by molar-refractivity contribution is -0.143. The van der Waals surface area contributed by atoms with E-state index in [0.29, 0.717) is 32.5 Å². The van der Waals surface area contributed by atoms with Gasteiger partial charge in [-0.15, -0.1) is 0 Å². The number of rotatable bonds is 12. The second-order valence-corrected chi connectivity index (χ2v) is 12.2. The number of pyridine rings is 1. The molecule has 0 spiro atoms. The summed E-state index contributed by atoms with van der Waals surface area (Å²) in [5.41, 5.74) is 3.64. The molecule has 9 nitrogen and oxygen atoms in total. The Hall–Kier alpha value is -3.84. The van der Waals surface area contributed by atoms with Crippen LogP contribution in [0, 0.1) is 5.92 Å². The molecule has 0 radical (unpaired) electrons. The number of piperazine rings is 1. The van der Waals surface area contributed by atoms with Crippen LogP contribution in [0.5, 0.6) is 0 Å². The molecule has 2 heterocycles. The van der Waals surface area contributed by atoms with Gasteiger partial charge in [-0.2, -0.15) is 13.2 Å². The second-order valence-electron chi connectivity index (χ2n) is 12.2. The molecule has 46 heavy (non-hydrogen) atoms. The van der Waals surface area contributed by atoms with Crippen LogP contribution in [0.2, 0.25) is 0 Å². The molecule has 1 aliphatic carbocycles. The highest BCUT2D eigenvalue weighted by Crippen LogP contribution is 2.32. The van der Waals surface area contributed by atoms with Crippen LogP contribution < -0.4 is 10.6 Å². The normalized spacial score (nSPS) is 21.7. The lowest BCUT2D eigenvalue weighted by Crippen LogP contribution is -2.60. The van der Waals surface area contributed by atoms with Crippen LogP contribution in [0.3, 0.4) is 0 Å². The Morgan fingerprint density at radius 2 is 1.74 bits per heavy atom. The molecule has 4 N–H and O–H groups in total. The van der Waals surface area contributed by atoms with Crippen molar-refractivity contribution in [1.29, 1.82) is 0 Å². The zero-order valence-corrected chi connectivity index (χ0v) is 25.4. The van der Waals surface area contributed by atoms with Crippen molar-refractivity contribution < 1.29 is 33.0 Å². The summed E-state index contributed by atoms with van der Waals surface area (Å²) in [6, 6.07) is 19.1. The van der Waals surface area contributed by atoms with Crippen molar-refractivity contribution in [3.05, 3.63) is 101 Å². The van der Waals surface area contributed by atoms with Gasteiger partial charge in [-0.25, -0.2) is 0 Å². The summed E-state index contributed by atoms with van der Waals surface area (Å²) in [5, 5.41) is 27.1. The van der Waals surface area contributed by atoms with E-state index in [1.807, 2.05) is 70.9 Å². The molecule has 1 aromatic heterocycles. The molecule has 2 amide bonds. The van der Waals surface area contributed by atoms with Crippen LogP contribution in [0.1, 0.15) is 34.7 Å². The maximum atomic E-state index is 13.7. The second kappa shape index (κ2) is 15.2. The number of benzene rings is 2. The number of aliphatic hydroxyl groups is 2. The van der Waals surface area contributed by atoms with Crippen LogP contribution in [0.4, 0.5) is 13.2 Å². The fourth-order valence-electron chi connectivity index (χ4n) is 6.42. The Balaban J connectivity index is 1.28. The summed E-state index contributed by atoms with van der Waals surface area (Å²) in [6.45, 7) is 0.0512. The van der Waals surface area contributed by atoms with E-state index >= 15 is 0 Å². The molecule has 12 heteroatoms. The van der Waals surface area contributed by atoms with E-state index in [2.05, 4.69) is 10.3 Å². The van der Waals surface area contributed by atoms with Gasteiger partial charge in [0.15, 0.2) is 0 Å². The van der Waals surface area contributed by atoms with Gasteiger partial charge in [-0.1, -0.05) is 60.7 Å². The number of carbonyl (C=O) groups excluding carboxylic acids is 2. The van der Waals surface area contributed by atoms with Gasteiger partial charge in [0.05, 0.1) is 18.2 Å². The van der Waals surface area contributed by atoms with Crippen molar-refractivity contribution in [2.24, 2.45) is 5.92 Å². The molecule has 5 rings (SSSR count). The molecule has 2 aromatic carbocycles. The highest BCUT2D eigenvalue weighted by Gasteiger charge is 2.38. The molecule has 5 unspecified atom stereocenters. The molecule has 0 saturated carbocycles. The van der Waals surface area contributed by atoms with Gasteiger partial charge in [0.1, 0.15) is 12.6 Å². The third kappa shape index (κ3) is 9.12. The average Bonchev–Trinajstić information content (AvgIpc) is 3.35. The summed E-state index contributed by atoms with van der Waals surface area (Å²) >= 11 is 0. The molecule has 0 bridgehead atoms. The Bertz CT molecular complexity index is 1450. The predicted octanol–water partition coefficient (Wildman–Crippen LogP) is 2.63. The van der Waals surface area contributed by atoms with Gasteiger partial charge in [-0.05, 0) is 41.2 Å². The van der Waals surface area contributed by atoms with Gasteiger partial charge < -0.3 is 20.8 Å². The number of carbonyl (C=O) groups is 2. The molecule has 1 aliphatic heterocycles. The third-order valence-corrected chi connectivity index (χ3v) is 8.67. The van der Waals surface area contributed by atoms with Crippen molar-refractivity contribution in [3.8, 4) is 0 Å². The number of alkyl halides is 3. The van der Waals surface area contributed by atoms with Gasteiger partial charge in [0.25, 0.3) is 0 Å². The number of aromatic nitrogens is 1. The number of aliphatic hydroxyl groups excluding tert-OH is 2. The average molecular weight is 640 g/mol. The number of halogens is 3. The number of hydrogen-bond donors (Lipinski definition) is 4. The summed E-state index contributed by atoms with van der Waals surface area (Å²) in [5.74, 6) is -1.75. The molecule has 246 valence electrons. The number of amides is 2. The zero-order valence-electron chi connectivity index (χ0n) is 25.4. The number of fused-ring (bicyclic) bond motifs is 1. The predicted molar refractivity (Wildman–Crippen MR) is 165 cm³/mol. The lowest BCUT2D eigenvalue weighted by Gasteiger charge is -2.41. The summed E-state index contributed by atoms with van der Waals surface area (Å²) < 4.78 is 38.9. The van der Waals surface area contributed by atoms with Gasteiger partial charge in [0.2, 0.25) is 11.8 Å². The van der Waals surface area contributed by atoms with E-state index in [0.717, 1.165) is 22.3 Å². The molecule has 3 aromatic rings. The number of nitrogens with zero attached hydrogens (tertiary/aromatic N) is 3. The van der Waals surface area contributed by atoms with Crippen LogP contribution in [-0.4, -0.2) is 94.0 Å². The van der Waals surface area contributed by atoms with Crippen molar-refractivity contribution >= 4 is 11.8 Å². The molecule has 2 aliphatic rings. The fourth-order valence-corrected chi connectivity index (χ4v) is 6.42. The maximum absolute atomic E-state index is 13.7. The molecule has 1 saturated heterocycles. The molecule has 1 fully saturated rings. The number of nitrogens with one attached hydrogen (secondary N) is 2. The first-order chi connectivity index (χ1) is 22.1. The van der Waals surface area contributed by atoms with E-state index in [9.17, 15) is 33.0 Å². The van der Waals surface area contributed by atoms with Crippen LogP contribution in [-0.2, 0) is 29.0 Å². The highest BCUT2D eigenvalue weighted by molar-refractivity contribution is 5.82. The van der Waals surface area contributed by atoms with E-state index in [1.165, 1.54) is 0 Å². The minimum absolute atomic E-state index is 0.00169. The van der Waals surface area contributed by atoms with Crippen LogP contribution in [0.15, 0.2) is 79.1 Å². The molecular weight excluding hydrogens is 599 g/mol. The van der Waals surface area contributed by atoms with Crippen molar-refractivity contribution in [1.82, 2.24) is 25.4 Å². The first kappa shape index (κ1) is 33.5. The Morgan fingerprint density at radius 3 is 2.48 bits per heavy atom. The maximum Gasteiger partial charge on any atom is 0.405 e. The smallest absolute Gasteiger partial charge is 0.392 e. The van der Waals surface area contributed by atoms with E-state index < -0.39 is 48.8 Å². The third-order valence-electron chi connectivity index (χ3n) is 8.67. The van der Waals surface area contributed by atoms with Crippen LogP contribution in [0.25, 0.3) is 0 Å². The van der Waals surface area contributed by atoms with Gasteiger partial charge in [0, 0.05) is 57.5 Å². The van der Waals surface area contributed by atoms with Crippen LogP contribution >= 0.6 is 0 Å². The standard InChI is InChI=1S/C34H40F3N5O4/c35-34(36,37)22-39-33(46)29-21-41(19-24-9-6-12-38-18-24)13-14-42(29)20-27(43)16-26(15-23-7-2-1-3-8-23)32(45)40-31-28-11-5-4-10-25(28)17-30(31)44/h1-12,18,26-27,29-31,43-44H,13-17,19-22H2,(H,39,46)(H,40,45). The first-order valence-corrected chi connectivity index (χ1v) is 15.5. The summed E-state index contributed by atoms with van der Waals surface area (Å²) in [4.78, 5) is 34.6. The Morgan fingerprint density at radius 1 is 1.00 bits per heavy atom. The van der Waals surface area contributed by atoms with Crippen molar-refractivity contribution in [3.63, 3.8) is 0 Å². The first-order valence-electron chi connectivity index (χ1n) is 15.5. The quantitative estimate of drug-likeness (QED) is 0.241. The molecule has 5 atom stereocenters. The summed E-state index contributed by atoms with van der Waals surface area (Å²) in [6.07, 6.45) is -2.22.